The van der Waals surface area contributed by atoms with Crippen molar-refractivity contribution < 1.29 is 19.8 Å². The van der Waals surface area contributed by atoms with Gasteiger partial charge < -0.3 is 19.8 Å². The minimum absolute atomic E-state index is 0.220. The summed E-state index contributed by atoms with van der Waals surface area (Å²) in [6.45, 7) is 4.36. The molecule has 0 aliphatic heterocycles. The fourth-order valence-electron chi connectivity index (χ4n) is 1.15. The second kappa shape index (κ2) is 12.1. The molecule has 2 aromatic carbocycles. The number of rotatable bonds is 3. The summed E-state index contributed by atoms with van der Waals surface area (Å²) in [6.07, 6.45) is 2.64. The van der Waals surface area contributed by atoms with Crippen LogP contribution in [0.15, 0.2) is 60.7 Å². The minimum atomic E-state index is -1.13. The highest BCUT2D eigenvalue weighted by molar-refractivity contribution is 5.85. The summed E-state index contributed by atoms with van der Waals surface area (Å²) in [5, 5.41) is 20.2. The highest BCUT2D eigenvalue weighted by atomic mass is 16.4. The third-order valence-electron chi connectivity index (χ3n) is 2.52. The van der Waals surface area contributed by atoms with Crippen LogP contribution in [0.25, 0.3) is 0 Å². The van der Waals surface area contributed by atoms with Crippen molar-refractivity contribution in [3.05, 3.63) is 71.8 Å². The lowest BCUT2D eigenvalue weighted by atomic mass is 10.2. The molecule has 0 N–H and O–H groups in total. The monoisotopic (exact) mass is 300 g/mol. The molecule has 0 spiro atoms. The maximum atomic E-state index is 10.1. The fraction of sp³-hybridized carbons (Fsp3) is 0.222. The second-order valence-electron chi connectivity index (χ2n) is 4.31. The normalized spacial score (nSPS) is 8.64. The van der Waals surface area contributed by atoms with Crippen molar-refractivity contribution in [1.29, 1.82) is 0 Å². The number of aromatic carboxylic acids is 2. The Morgan fingerprint density at radius 2 is 0.955 bits per heavy atom. The number of carbonyl (C=O) groups excluding carboxylic acids is 2. The van der Waals surface area contributed by atoms with Crippen LogP contribution in [0.3, 0.4) is 0 Å². The van der Waals surface area contributed by atoms with E-state index in [4.69, 9.17) is 0 Å². The summed E-state index contributed by atoms with van der Waals surface area (Å²) in [7, 11) is 0. The molecule has 0 radical (unpaired) electrons. The SMILES string of the molecule is CCCC.O=C([O-])c1ccccc1.O=C([O-])c1ccccc1. The highest BCUT2D eigenvalue weighted by Crippen LogP contribution is 1.95. The van der Waals surface area contributed by atoms with Crippen LogP contribution in [0.5, 0.6) is 0 Å². The van der Waals surface area contributed by atoms with Gasteiger partial charge in [-0.2, -0.15) is 0 Å². The molecule has 0 bridgehead atoms. The number of carboxylic acid groups (broad SMARTS) is 2. The van der Waals surface area contributed by atoms with Gasteiger partial charge in [-0.1, -0.05) is 87.4 Å². The zero-order valence-electron chi connectivity index (χ0n) is 12.8. The number of carboxylic acids is 2. The Labute approximate surface area is 131 Å². The summed E-state index contributed by atoms with van der Waals surface area (Å²) < 4.78 is 0. The fourth-order valence-corrected chi connectivity index (χ4v) is 1.15. The summed E-state index contributed by atoms with van der Waals surface area (Å²) in [5.74, 6) is -2.26. The van der Waals surface area contributed by atoms with Crippen molar-refractivity contribution in [1.82, 2.24) is 0 Å². The lowest BCUT2D eigenvalue weighted by molar-refractivity contribution is -0.256. The molecule has 0 fully saturated rings. The zero-order chi connectivity index (χ0) is 16.8. The van der Waals surface area contributed by atoms with Crippen molar-refractivity contribution in [2.75, 3.05) is 0 Å². The van der Waals surface area contributed by atoms with Crippen molar-refractivity contribution in [3.63, 3.8) is 0 Å². The molecule has 4 nitrogen and oxygen atoms in total. The van der Waals surface area contributed by atoms with E-state index < -0.39 is 11.9 Å². The van der Waals surface area contributed by atoms with E-state index in [1.807, 2.05) is 0 Å². The van der Waals surface area contributed by atoms with E-state index in [1.165, 1.54) is 37.1 Å². The average molecular weight is 300 g/mol. The Kier molecular flexibility index (Phi) is 10.7. The molecular weight excluding hydrogens is 280 g/mol. The quantitative estimate of drug-likeness (QED) is 0.867. The Morgan fingerprint density at radius 1 is 0.682 bits per heavy atom. The van der Waals surface area contributed by atoms with Crippen LogP contribution in [0, 0.1) is 0 Å². The van der Waals surface area contributed by atoms with Gasteiger partial charge in [-0.3, -0.25) is 0 Å². The molecule has 0 atom stereocenters. The van der Waals surface area contributed by atoms with Gasteiger partial charge in [0.2, 0.25) is 0 Å². The van der Waals surface area contributed by atoms with Crippen molar-refractivity contribution in [3.8, 4) is 0 Å². The number of carbonyl (C=O) groups is 2. The Balaban J connectivity index is 0.000000326. The number of benzene rings is 2. The Hall–Kier alpha value is -2.62. The number of hydrogen-bond donors (Lipinski definition) is 0. The molecule has 0 aliphatic rings. The van der Waals surface area contributed by atoms with E-state index in [2.05, 4.69) is 13.8 Å². The standard InChI is InChI=1S/2C7H6O2.C4H10/c2*8-7(9)6-4-2-1-3-5-6;1-3-4-2/h2*1-5H,(H,8,9);3-4H2,1-2H3/p-2. The first-order chi connectivity index (χ1) is 10.5. The van der Waals surface area contributed by atoms with E-state index in [-0.39, 0.29) is 11.1 Å². The molecule has 4 heteroatoms. The maximum absolute atomic E-state index is 10.1. The van der Waals surface area contributed by atoms with Crippen molar-refractivity contribution in [2.45, 2.75) is 26.7 Å². The smallest absolute Gasteiger partial charge is 0.0715 e. The third-order valence-corrected chi connectivity index (χ3v) is 2.52. The molecule has 0 aromatic heterocycles. The van der Waals surface area contributed by atoms with Crippen LogP contribution in [0.2, 0.25) is 0 Å². The van der Waals surface area contributed by atoms with Crippen molar-refractivity contribution in [2.24, 2.45) is 0 Å². The first-order valence-electron chi connectivity index (χ1n) is 7.05. The Bertz CT molecular complexity index is 484. The van der Waals surface area contributed by atoms with Crippen LogP contribution in [-0.4, -0.2) is 11.9 Å². The Morgan fingerprint density at radius 3 is 1.09 bits per heavy atom. The highest BCUT2D eigenvalue weighted by Gasteiger charge is 1.86. The van der Waals surface area contributed by atoms with Gasteiger partial charge in [-0.15, -0.1) is 0 Å². The molecule has 0 saturated heterocycles. The molecule has 0 saturated carbocycles. The van der Waals surface area contributed by atoms with Gasteiger partial charge in [0.25, 0.3) is 0 Å². The molecule has 118 valence electrons. The van der Waals surface area contributed by atoms with Gasteiger partial charge in [0.15, 0.2) is 0 Å². The van der Waals surface area contributed by atoms with E-state index in [0.717, 1.165) is 0 Å². The number of unbranched alkanes of at least 4 members (excludes halogenated alkanes) is 1. The van der Waals surface area contributed by atoms with Gasteiger partial charge in [-0.25, -0.2) is 0 Å². The van der Waals surface area contributed by atoms with E-state index in [1.54, 1.807) is 36.4 Å². The first kappa shape index (κ1) is 19.4. The van der Waals surface area contributed by atoms with Gasteiger partial charge in [-0.05, 0) is 11.1 Å². The van der Waals surface area contributed by atoms with Crippen LogP contribution in [0.4, 0.5) is 0 Å². The topological polar surface area (TPSA) is 80.3 Å². The predicted molar refractivity (Wildman–Crippen MR) is 82.1 cm³/mol. The van der Waals surface area contributed by atoms with E-state index >= 15 is 0 Å². The summed E-state index contributed by atoms with van der Waals surface area (Å²) in [4.78, 5) is 20.2. The second-order valence-corrected chi connectivity index (χ2v) is 4.31. The summed E-state index contributed by atoms with van der Waals surface area (Å²) in [6, 6.07) is 16.1. The third kappa shape index (κ3) is 9.31. The maximum Gasteiger partial charge on any atom is 0.0715 e. The van der Waals surface area contributed by atoms with Crippen LogP contribution >= 0.6 is 0 Å². The lowest BCUT2D eigenvalue weighted by Gasteiger charge is -1.97. The molecular formula is C18H20O4-2. The molecule has 2 rings (SSSR count). The molecule has 0 aliphatic carbocycles. The van der Waals surface area contributed by atoms with E-state index in [9.17, 15) is 19.8 Å². The molecule has 2 aromatic rings. The molecule has 0 heterocycles. The predicted octanol–water partition coefficient (Wildman–Crippen LogP) is 1.91. The van der Waals surface area contributed by atoms with Gasteiger partial charge >= 0.3 is 0 Å². The van der Waals surface area contributed by atoms with Crippen LogP contribution in [-0.2, 0) is 0 Å². The van der Waals surface area contributed by atoms with Gasteiger partial charge in [0, 0.05) is 0 Å². The van der Waals surface area contributed by atoms with Gasteiger partial charge in [0.1, 0.15) is 0 Å². The molecule has 0 unspecified atom stereocenters. The van der Waals surface area contributed by atoms with Crippen LogP contribution in [0.1, 0.15) is 47.4 Å². The van der Waals surface area contributed by atoms with Gasteiger partial charge in [0.05, 0.1) is 11.9 Å². The molecule has 22 heavy (non-hydrogen) atoms. The molecule has 0 amide bonds. The van der Waals surface area contributed by atoms with Crippen molar-refractivity contribution >= 4 is 11.9 Å². The first-order valence-corrected chi connectivity index (χ1v) is 7.05. The van der Waals surface area contributed by atoms with Crippen LogP contribution < -0.4 is 10.2 Å². The average Bonchev–Trinajstić information content (AvgIpc) is 2.57. The summed E-state index contributed by atoms with van der Waals surface area (Å²) >= 11 is 0. The largest absolute Gasteiger partial charge is 0.545 e. The lowest BCUT2D eigenvalue weighted by Crippen LogP contribution is -2.21. The summed E-state index contributed by atoms with van der Waals surface area (Å²) in [5.41, 5.74) is 0.440. The number of hydrogen-bond acceptors (Lipinski definition) is 4. The minimum Gasteiger partial charge on any atom is -0.545 e. The zero-order valence-corrected chi connectivity index (χ0v) is 12.8. The van der Waals surface area contributed by atoms with E-state index in [0.29, 0.717) is 0 Å².